The number of ether oxygens (including phenoxy) is 1. The summed E-state index contributed by atoms with van der Waals surface area (Å²) in [5.74, 6) is -1.88. The van der Waals surface area contributed by atoms with Crippen LogP contribution >= 0.6 is 0 Å². The van der Waals surface area contributed by atoms with Crippen molar-refractivity contribution in [3.63, 3.8) is 0 Å². The molecular weight excluding hydrogens is 343 g/mol. The Labute approximate surface area is 136 Å². The van der Waals surface area contributed by atoms with Crippen molar-refractivity contribution in [2.24, 2.45) is 0 Å². The predicted molar refractivity (Wildman–Crippen MR) is 81.6 cm³/mol. The number of halogens is 1. The van der Waals surface area contributed by atoms with Gasteiger partial charge >= 0.3 is 5.97 Å². The summed E-state index contributed by atoms with van der Waals surface area (Å²) in [5, 5.41) is 10.6. The normalized spacial score (nSPS) is 10.9. The fraction of sp³-hybridized carbons (Fsp3) is 0.0714. The molecule has 0 fully saturated rings. The zero-order valence-electron chi connectivity index (χ0n) is 12.2. The first-order valence-electron chi connectivity index (χ1n) is 6.40. The van der Waals surface area contributed by atoms with Crippen LogP contribution < -0.4 is 4.72 Å². The third-order valence-corrected chi connectivity index (χ3v) is 4.37. The van der Waals surface area contributed by atoms with E-state index >= 15 is 0 Å². The Balaban J connectivity index is 2.36. The molecule has 0 aliphatic rings. The van der Waals surface area contributed by atoms with Gasteiger partial charge in [-0.25, -0.2) is 17.6 Å². The summed E-state index contributed by atoms with van der Waals surface area (Å²) in [5.41, 5.74) is -0.358. The smallest absolute Gasteiger partial charge is 0.337 e. The number of nitrogens with one attached hydrogen (secondary N) is 1. The van der Waals surface area contributed by atoms with Crippen molar-refractivity contribution in [2.75, 3.05) is 11.8 Å². The molecule has 0 saturated heterocycles. The number of nitro benzene ring substituents is 1. The summed E-state index contributed by atoms with van der Waals surface area (Å²) in [4.78, 5) is 20.6. The lowest BCUT2D eigenvalue weighted by molar-refractivity contribution is -0.384. The van der Waals surface area contributed by atoms with Crippen molar-refractivity contribution in [2.45, 2.75) is 4.90 Å². The topological polar surface area (TPSA) is 116 Å². The second-order valence-corrected chi connectivity index (χ2v) is 6.20. The molecule has 0 heterocycles. The van der Waals surface area contributed by atoms with E-state index in [9.17, 15) is 27.7 Å². The molecule has 0 spiro atoms. The molecule has 1 N–H and O–H groups in total. The Kier molecular flexibility index (Phi) is 4.79. The molecule has 2 aromatic carbocycles. The van der Waals surface area contributed by atoms with Crippen LogP contribution in [-0.2, 0) is 14.8 Å². The van der Waals surface area contributed by atoms with E-state index < -0.39 is 31.6 Å². The van der Waals surface area contributed by atoms with Crippen LogP contribution in [0.2, 0.25) is 0 Å². The number of benzene rings is 2. The lowest BCUT2D eigenvalue weighted by Crippen LogP contribution is -2.15. The Morgan fingerprint density at radius 3 is 2.38 bits per heavy atom. The van der Waals surface area contributed by atoms with Crippen molar-refractivity contribution in [3.8, 4) is 0 Å². The Morgan fingerprint density at radius 2 is 1.83 bits per heavy atom. The van der Waals surface area contributed by atoms with Gasteiger partial charge in [0.05, 0.1) is 17.6 Å². The van der Waals surface area contributed by atoms with E-state index in [-0.39, 0.29) is 16.9 Å². The second-order valence-electron chi connectivity index (χ2n) is 4.55. The summed E-state index contributed by atoms with van der Waals surface area (Å²) in [6, 6.07) is 7.28. The van der Waals surface area contributed by atoms with Crippen LogP contribution in [0.3, 0.4) is 0 Å². The molecule has 0 aliphatic heterocycles. The molecule has 0 unspecified atom stereocenters. The van der Waals surface area contributed by atoms with Gasteiger partial charge in [0, 0.05) is 17.8 Å². The van der Waals surface area contributed by atoms with Gasteiger partial charge < -0.3 is 4.74 Å². The number of hydrogen-bond donors (Lipinski definition) is 1. The highest BCUT2D eigenvalue weighted by molar-refractivity contribution is 7.92. The van der Waals surface area contributed by atoms with Crippen molar-refractivity contribution < 1.29 is 27.3 Å². The third-order valence-electron chi connectivity index (χ3n) is 2.97. The number of anilines is 1. The van der Waals surface area contributed by atoms with Crippen LogP contribution in [0.15, 0.2) is 47.4 Å². The van der Waals surface area contributed by atoms with Crippen LogP contribution in [-0.4, -0.2) is 26.4 Å². The minimum absolute atomic E-state index is 0.00321. The highest BCUT2D eigenvalue weighted by Gasteiger charge is 2.22. The number of nitrogens with zero attached hydrogens (tertiary/aromatic N) is 1. The minimum atomic E-state index is -4.34. The zero-order chi connectivity index (χ0) is 17.9. The fourth-order valence-corrected chi connectivity index (χ4v) is 2.98. The maximum absolute atomic E-state index is 13.8. The number of sulfonamides is 1. The van der Waals surface area contributed by atoms with Crippen LogP contribution in [0.1, 0.15) is 10.4 Å². The molecule has 0 bridgehead atoms. The quantitative estimate of drug-likeness (QED) is 0.500. The van der Waals surface area contributed by atoms with Crippen LogP contribution in [0.25, 0.3) is 0 Å². The van der Waals surface area contributed by atoms with Gasteiger partial charge in [0.2, 0.25) is 0 Å². The second kappa shape index (κ2) is 6.62. The molecule has 8 nitrogen and oxygen atoms in total. The standard InChI is InChI=1S/C14H11FN2O6S/c1-23-14(18)9-2-7-12(15)13(8-9)24(21,22)16-10-3-5-11(6-4-10)17(19)20/h2-8,16H,1H3. The molecule has 2 rings (SSSR count). The van der Waals surface area contributed by atoms with Gasteiger partial charge in [-0.15, -0.1) is 0 Å². The molecule has 2 aromatic rings. The Hall–Kier alpha value is -3.01. The molecule has 0 saturated carbocycles. The van der Waals surface area contributed by atoms with Gasteiger partial charge in [-0.1, -0.05) is 0 Å². The summed E-state index contributed by atoms with van der Waals surface area (Å²) in [6.45, 7) is 0. The number of esters is 1. The number of methoxy groups -OCH3 is 1. The van der Waals surface area contributed by atoms with Crippen molar-refractivity contribution in [1.82, 2.24) is 0 Å². The van der Waals surface area contributed by atoms with E-state index in [0.29, 0.717) is 0 Å². The number of carbonyl (C=O) groups is 1. The van der Waals surface area contributed by atoms with Crippen molar-refractivity contribution in [1.29, 1.82) is 0 Å². The first-order chi connectivity index (χ1) is 11.2. The summed E-state index contributed by atoms with van der Waals surface area (Å²) in [6.07, 6.45) is 0. The van der Waals surface area contributed by atoms with E-state index in [1.165, 1.54) is 0 Å². The predicted octanol–water partition coefficient (Wildman–Crippen LogP) is 2.32. The van der Waals surface area contributed by atoms with E-state index in [2.05, 4.69) is 9.46 Å². The molecule has 24 heavy (non-hydrogen) atoms. The zero-order valence-corrected chi connectivity index (χ0v) is 13.0. The Bertz CT molecular complexity index is 896. The summed E-state index contributed by atoms with van der Waals surface area (Å²) < 4.78 is 44.9. The maximum Gasteiger partial charge on any atom is 0.337 e. The van der Waals surface area contributed by atoms with Crippen LogP contribution in [0.5, 0.6) is 0 Å². The summed E-state index contributed by atoms with van der Waals surface area (Å²) >= 11 is 0. The molecule has 10 heteroatoms. The van der Waals surface area contributed by atoms with E-state index in [1.807, 2.05) is 0 Å². The van der Waals surface area contributed by atoms with E-state index in [0.717, 1.165) is 49.6 Å². The number of rotatable bonds is 5. The average Bonchev–Trinajstić information content (AvgIpc) is 2.54. The lowest BCUT2D eigenvalue weighted by atomic mass is 10.2. The monoisotopic (exact) mass is 354 g/mol. The fourth-order valence-electron chi connectivity index (χ4n) is 1.82. The average molecular weight is 354 g/mol. The number of non-ortho nitro benzene ring substituents is 1. The maximum atomic E-state index is 13.8. The van der Waals surface area contributed by atoms with Gasteiger partial charge in [0.25, 0.3) is 15.7 Å². The minimum Gasteiger partial charge on any atom is -0.465 e. The van der Waals surface area contributed by atoms with Crippen LogP contribution in [0, 0.1) is 15.9 Å². The van der Waals surface area contributed by atoms with Crippen LogP contribution in [0.4, 0.5) is 15.8 Å². The van der Waals surface area contributed by atoms with E-state index in [1.54, 1.807) is 0 Å². The van der Waals surface area contributed by atoms with Gasteiger partial charge in [0.1, 0.15) is 10.7 Å². The van der Waals surface area contributed by atoms with Gasteiger partial charge in [-0.3, -0.25) is 14.8 Å². The lowest BCUT2D eigenvalue weighted by Gasteiger charge is -2.10. The largest absolute Gasteiger partial charge is 0.465 e. The molecule has 0 atom stereocenters. The number of carbonyl (C=O) groups excluding carboxylic acids is 1. The first-order valence-corrected chi connectivity index (χ1v) is 7.88. The number of hydrogen-bond acceptors (Lipinski definition) is 6. The van der Waals surface area contributed by atoms with E-state index in [4.69, 9.17) is 0 Å². The molecule has 0 amide bonds. The van der Waals surface area contributed by atoms with Crippen molar-refractivity contribution in [3.05, 3.63) is 64.0 Å². The third kappa shape index (κ3) is 3.66. The van der Waals surface area contributed by atoms with Crippen molar-refractivity contribution >= 4 is 27.4 Å². The highest BCUT2D eigenvalue weighted by Crippen LogP contribution is 2.22. The molecule has 0 radical (unpaired) electrons. The highest BCUT2D eigenvalue weighted by atomic mass is 32.2. The summed E-state index contributed by atoms with van der Waals surface area (Å²) in [7, 11) is -3.24. The first kappa shape index (κ1) is 17.3. The van der Waals surface area contributed by atoms with Gasteiger partial charge in [-0.2, -0.15) is 0 Å². The van der Waals surface area contributed by atoms with Gasteiger partial charge in [-0.05, 0) is 30.3 Å². The SMILES string of the molecule is COC(=O)c1ccc(F)c(S(=O)(=O)Nc2ccc([N+](=O)[O-])cc2)c1. The number of nitro groups is 1. The van der Waals surface area contributed by atoms with Gasteiger partial charge in [0.15, 0.2) is 0 Å². The molecular formula is C14H11FN2O6S. The molecule has 0 aliphatic carbocycles. The molecule has 0 aromatic heterocycles. The molecule has 126 valence electrons. The Morgan fingerprint density at radius 1 is 1.21 bits per heavy atom.